The van der Waals surface area contributed by atoms with Crippen LogP contribution in [0.1, 0.15) is 6.92 Å². The molecule has 1 aromatic carbocycles. The number of sulfonamides is 1. The second-order valence-corrected chi connectivity index (χ2v) is 6.81. The zero-order chi connectivity index (χ0) is 16.0. The molecule has 0 aliphatic carbocycles. The molecule has 0 saturated carbocycles. The molecule has 0 spiro atoms. The number of amides is 1. The Hall–Kier alpha value is -1.08. The summed E-state index contributed by atoms with van der Waals surface area (Å²) in [5.41, 5.74) is 0. The van der Waals surface area contributed by atoms with Crippen molar-refractivity contribution in [3.63, 3.8) is 0 Å². The number of hydrogen-bond donors (Lipinski definition) is 1. The smallest absolute Gasteiger partial charge is 0.240 e. The number of hydrogen-bond acceptors (Lipinski definition) is 3. The molecule has 0 fully saturated rings. The van der Waals surface area contributed by atoms with E-state index in [4.69, 9.17) is 23.2 Å². The Morgan fingerprint density at radius 1 is 1.38 bits per heavy atom. The lowest BCUT2D eigenvalue weighted by Crippen LogP contribution is -2.37. The number of carbonyl (C=O) groups is 1. The quantitative estimate of drug-likeness (QED) is 0.767. The van der Waals surface area contributed by atoms with Gasteiger partial charge in [-0.1, -0.05) is 29.3 Å². The Labute approximate surface area is 134 Å². The zero-order valence-corrected chi connectivity index (χ0v) is 13.8. The molecule has 116 valence electrons. The maximum atomic E-state index is 12.1. The van der Waals surface area contributed by atoms with Crippen LogP contribution in [0.3, 0.4) is 0 Å². The summed E-state index contributed by atoms with van der Waals surface area (Å²) in [5, 5.41) is 0.445. The second kappa shape index (κ2) is 7.79. The van der Waals surface area contributed by atoms with Crippen molar-refractivity contribution in [2.24, 2.45) is 0 Å². The van der Waals surface area contributed by atoms with Gasteiger partial charge in [-0.3, -0.25) is 4.79 Å². The lowest BCUT2D eigenvalue weighted by Gasteiger charge is -2.19. The molecule has 21 heavy (non-hydrogen) atoms. The molecule has 0 radical (unpaired) electrons. The van der Waals surface area contributed by atoms with Crippen LogP contribution in [-0.2, 0) is 14.8 Å². The van der Waals surface area contributed by atoms with Crippen LogP contribution in [0.25, 0.3) is 0 Å². The first-order valence-corrected chi connectivity index (χ1v) is 8.33. The van der Waals surface area contributed by atoms with Gasteiger partial charge in [0.1, 0.15) is 0 Å². The number of rotatable bonds is 7. The van der Waals surface area contributed by atoms with Gasteiger partial charge in [-0.05, 0) is 18.2 Å². The molecule has 0 aliphatic rings. The zero-order valence-electron chi connectivity index (χ0n) is 11.5. The number of benzene rings is 1. The topological polar surface area (TPSA) is 66.5 Å². The van der Waals surface area contributed by atoms with Crippen molar-refractivity contribution < 1.29 is 13.2 Å². The van der Waals surface area contributed by atoms with Gasteiger partial charge in [-0.2, -0.15) is 0 Å². The fourth-order valence-electron chi connectivity index (χ4n) is 1.58. The van der Waals surface area contributed by atoms with Gasteiger partial charge < -0.3 is 4.90 Å². The van der Waals surface area contributed by atoms with Crippen LogP contribution in [0.15, 0.2) is 35.7 Å². The van der Waals surface area contributed by atoms with E-state index < -0.39 is 10.0 Å². The van der Waals surface area contributed by atoms with Crippen molar-refractivity contribution in [1.29, 1.82) is 0 Å². The fraction of sp³-hybridized carbons (Fsp3) is 0.308. The first kappa shape index (κ1) is 18.0. The molecular formula is C13H16Cl2N2O3S. The number of halogens is 2. The van der Waals surface area contributed by atoms with Gasteiger partial charge in [0.05, 0.1) is 14.9 Å². The second-order valence-electron chi connectivity index (χ2n) is 4.23. The molecule has 5 nitrogen and oxygen atoms in total. The maximum Gasteiger partial charge on any atom is 0.240 e. The molecule has 0 heterocycles. The summed E-state index contributed by atoms with van der Waals surface area (Å²) in [6.45, 7) is 5.67. The van der Waals surface area contributed by atoms with E-state index in [-0.39, 0.29) is 33.9 Å². The summed E-state index contributed by atoms with van der Waals surface area (Å²) in [4.78, 5) is 12.8. The summed E-state index contributed by atoms with van der Waals surface area (Å²) in [6, 6.07) is 4.06. The van der Waals surface area contributed by atoms with E-state index in [0.29, 0.717) is 6.54 Å². The van der Waals surface area contributed by atoms with E-state index in [1.807, 2.05) is 0 Å². The molecule has 0 aliphatic heterocycles. The lowest BCUT2D eigenvalue weighted by molar-refractivity contribution is -0.128. The van der Waals surface area contributed by atoms with Crippen LogP contribution in [0.5, 0.6) is 0 Å². The van der Waals surface area contributed by atoms with Gasteiger partial charge in [-0.25, -0.2) is 13.1 Å². The molecule has 1 N–H and O–H groups in total. The highest BCUT2D eigenvalue weighted by molar-refractivity contribution is 7.89. The fourth-order valence-corrected chi connectivity index (χ4v) is 2.99. The van der Waals surface area contributed by atoms with Gasteiger partial charge in [0.15, 0.2) is 0 Å². The third kappa shape index (κ3) is 5.32. The first-order valence-electron chi connectivity index (χ1n) is 6.09. The number of nitrogens with one attached hydrogen (secondary N) is 1. The van der Waals surface area contributed by atoms with Gasteiger partial charge in [0.2, 0.25) is 15.9 Å². The Bertz CT molecular complexity index is 632. The SMILES string of the molecule is C=CCN(CCNS(=O)(=O)c1ccc(Cl)c(Cl)c1)C(C)=O. The largest absolute Gasteiger partial charge is 0.338 e. The van der Waals surface area contributed by atoms with Crippen molar-refractivity contribution in [1.82, 2.24) is 9.62 Å². The van der Waals surface area contributed by atoms with Crippen LogP contribution in [-0.4, -0.2) is 38.9 Å². The van der Waals surface area contributed by atoms with Crippen molar-refractivity contribution in [3.05, 3.63) is 40.9 Å². The van der Waals surface area contributed by atoms with Crippen molar-refractivity contribution in [2.75, 3.05) is 19.6 Å². The van der Waals surface area contributed by atoms with E-state index in [1.165, 1.54) is 30.0 Å². The lowest BCUT2D eigenvalue weighted by atomic mass is 10.4. The van der Waals surface area contributed by atoms with Crippen LogP contribution in [0.4, 0.5) is 0 Å². The maximum absolute atomic E-state index is 12.1. The molecule has 1 rings (SSSR count). The average Bonchev–Trinajstić information content (AvgIpc) is 2.40. The number of nitrogens with zero attached hydrogens (tertiary/aromatic N) is 1. The molecule has 0 aromatic heterocycles. The molecule has 0 bridgehead atoms. The molecule has 0 saturated heterocycles. The minimum atomic E-state index is -3.69. The van der Waals surface area contributed by atoms with Crippen LogP contribution < -0.4 is 4.72 Å². The van der Waals surface area contributed by atoms with E-state index in [2.05, 4.69) is 11.3 Å². The Kier molecular flexibility index (Phi) is 6.67. The normalized spacial score (nSPS) is 11.2. The number of carbonyl (C=O) groups excluding carboxylic acids is 1. The third-order valence-electron chi connectivity index (χ3n) is 2.67. The summed E-state index contributed by atoms with van der Waals surface area (Å²) in [6.07, 6.45) is 1.58. The van der Waals surface area contributed by atoms with Gasteiger partial charge in [0, 0.05) is 26.6 Å². The van der Waals surface area contributed by atoms with Crippen molar-refractivity contribution in [2.45, 2.75) is 11.8 Å². The first-order chi connectivity index (χ1) is 9.77. The minimum absolute atomic E-state index is 0.0231. The molecule has 8 heteroatoms. The van der Waals surface area contributed by atoms with Crippen LogP contribution >= 0.6 is 23.2 Å². The summed E-state index contributed by atoms with van der Waals surface area (Å²) in [5.74, 6) is -0.149. The highest BCUT2D eigenvalue weighted by Gasteiger charge is 2.16. The monoisotopic (exact) mass is 350 g/mol. The predicted molar refractivity (Wildman–Crippen MR) is 84.1 cm³/mol. The Morgan fingerprint density at radius 3 is 2.57 bits per heavy atom. The van der Waals surface area contributed by atoms with E-state index >= 15 is 0 Å². The molecular weight excluding hydrogens is 335 g/mol. The van der Waals surface area contributed by atoms with Crippen LogP contribution in [0.2, 0.25) is 10.0 Å². The summed E-state index contributed by atoms with van der Waals surface area (Å²) in [7, 11) is -3.69. The predicted octanol–water partition coefficient (Wildman–Crippen LogP) is 2.31. The van der Waals surface area contributed by atoms with Crippen molar-refractivity contribution >= 4 is 39.1 Å². The highest BCUT2D eigenvalue weighted by Crippen LogP contribution is 2.24. The van der Waals surface area contributed by atoms with Crippen LogP contribution in [0, 0.1) is 0 Å². The summed E-state index contributed by atoms with van der Waals surface area (Å²) >= 11 is 11.5. The minimum Gasteiger partial charge on any atom is -0.338 e. The highest BCUT2D eigenvalue weighted by atomic mass is 35.5. The summed E-state index contributed by atoms with van der Waals surface area (Å²) < 4.78 is 26.5. The third-order valence-corrected chi connectivity index (χ3v) is 4.87. The molecule has 0 unspecified atom stereocenters. The van der Waals surface area contributed by atoms with Gasteiger partial charge in [0.25, 0.3) is 0 Å². The molecule has 0 atom stereocenters. The standard InChI is InChI=1S/C13H16Cl2N2O3S/c1-3-7-17(10(2)18)8-6-16-21(19,20)11-4-5-12(14)13(15)9-11/h3-5,9,16H,1,6-8H2,2H3. The van der Waals surface area contributed by atoms with Gasteiger partial charge >= 0.3 is 0 Å². The molecule has 1 amide bonds. The Balaban J connectivity index is 2.70. The Morgan fingerprint density at radius 2 is 2.05 bits per heavy atom. The molecule has 1 aromatic rings. The van der Waals surface area contributed by atoms with E-state index in [9.17, 15) is 13.2 Å². The average molecular weight is 351 g/mol. The van der Waals surface area contributed by atoms with E-state index in [0.717, 1.165) is 0 Å². The van der Waals surface area contributed by atoms with Gasteiger partial charge in [-0.15, -0.1) is 6.58 Å². The van der Waals surface area contributed by atoms with E-state index in [1.54, 1.807) is 6.08 Å². The van der Waals surface area contributed by atoms with Crippen molar-refractivity contribution in [3.8, 4) is 0 Å².